The normalized spacial score (nSPS) is 12.3. The van der Waals surface area contributed by atoms with Crippen molar-refractivity contribution < 1.29 is 17.6 Å². The van der Waals surface area contributed by atoms with Gasteiger partial charge in [0.1, 0.15) is 4.75 Å². The quantitative estimate of drug-likeness (QED) is 0.655. The molecule has 27 heavy (non-hydrogen) atoms. The minimum atomic E-state index is -3.93. The van der Waals surface area contributed by atoms with Crippen molar-refractivity contribution in [2.45, 2.75) is 23.5 Å². The Hall–Kier alpha value is -2.39. The number of hydrogen-bond acceptors (Lipinski definition) is 5. The highest BCUT2D eigenvalue weighted by atomic mass is 79.9. The Bertz CT molecular complexity index is 1190. The average Bonchev–Trinajstić information content (AvgIpc) is 2.89. The lowest BCUT2D eigenvalue weighted by Gasteiger charge is -2.24. The van der Waals surface area contributed by atoms with Crippen molar-refractivity contribution in [1.29, 1.82) is 0 Å². The Balaban J connectivity index is 1.92. The number of rotatable bonds is 4. The molecule has 1 aromatic heterocycles. The van der Waals surface area contributed by atoms with Gasteiger partial charge in [0.2, 0.25) is 5.91 Å². The lowest BCUT2D eigenvalue weighted by Crippen LogP contribution is -2.44. The number of nitrogens with zero attached hydrogens (tertiary/aromatic N) is 1. The van der Waals surface area contributed by atoms with Crippen molar-refractivity contribution in [3.8, 4) is 0 Å². The third kappa shape index (κ3) is 3.32. The summed E-state index contributed by atoms with van der Waals surface area (Å²) in [6.45, 7) is 2.70. The molecule has 0 saturated heterocycles. The van der Waals surface area contributed by atoms with Crippen molar-refractivity contribution in [1.82, 2.24) is 4.57 Å². The molecule has 3 rings (SSSR count). The second-order valence-corrected chi connectivity index (χ2v) is 9.95. The number of nitrogens with one attached hydrogen (secondary N) is 1. The Kier molecular flexibility index (Phi) is 4.77. The first-order chi connectivity index (χ1) is 12.5. The number of aryl methyl sites for hydroxylation is 1. The zero-order valence-electron chi connectivity index (χ0n) is 14.8. The van der Waals surface area contributed by atoms with E-state index in [1.807, 2.05) is 0 Å². The third-order valence-electron chi connectivity index (χ3n) is 4.39. The fourth-order valence-corrected chi connectivity index (χ4v) is 4.17. The van der Waals surface area contributed by atoms with Gasteiger partial charge in [-0.15, -0.1) is 0 Å². The van der Waals surface area contributed by atoms with Crippen molar-refractivity contribution in [2.75, 3.05) is 5.32 Å². The molecule has 0 spiro atoms. The summed E-state index contributed by atoms with van der Waals surface area (Å²) < 4.78 is 31.3. The molecule has 0 bridgehead atoms. The van der Waals surface area contributed by atoms with E-state index in [0.717, 1.165) is 4.47 Å². The fraction of sp³-hybridized carbons (Fsp3) is 0.222. The zero-order chi connectivity index (χ0) is 20.0. The topological polar surface area (TPSA) is 98.4 Å². The first-order valence-electron chi connectivity index (χ1n) is 7.95. The number of amides is 1. The fourth-order valence-electron chi connectivity index (χ4n) is 2.52. The standard InChI is InChI=1S/C18H17BrN2O5S/c1-18(2,27(24,25)13-7-4-11(19)5-8-13)16(22)20-12-6-9-14-15(10-12)26-17(23)21(14)3/h4-10H,1-3H3,(H,20,22). The zero-order valence-corrected chi connectivity index (χ0v) is 17.2. The Morgan fingerprint density at radius 3 is 2.41 bits per heavy atom. The number of halogens is 1. The number of fused-ring (bicyclic) bond motifs is 1. The highest BCUT2D eigenvalue weighted by Crippen LogP contribution is 2.28. The van der Waals surface area contributed by atoms with E-state index in [4.69, 9.17) is 4.42 Å². The Labute approximate surface area is 164 Å². The maximum Gasteiger partial charge on any atom is 0.419 e. The van der Waals surface area contributed by atoms with Gasteiger partial charge in [-0.2, -0.15) is 0 Å². The largest absolute Gasteiger partial charge is 0.419 e. The van der Waals surface area contributed by atoms with Crippen LogP contribution in [-0.2, 0) is 21.7 Å². The Morgan fingerprint density at radius 2 is 1.78 bits per heavy atom. The number of carbonyl (C=O) groups excluding carboxylic acids is 1. The summed E-state index contributed by atoms with van der Waals surface area (Å²) in [6.07, 6.45) is 0. The Morgan fingerprint density at radius 1 is 1.15 bits per heavy atom. The molecule has 0 aliphatic carbocycles. The van der Waals surface area contributed by atoms with Gasteiger partial charge in [0, 0.05) is 23.3 Å². The van der Waals surface area contributed by atoms with Crippen LogP contribution in [-0.4, -0.2) is 23.6 Å². The van der Waals surface area contributed by atoms with E-state index in [1.165, 1.54) is 36.6 Å². The molecule has 1 amide bonds. The van der Waals surface area contributed by atoms with E-state index in [9.17, 15) is 18.0 Å². The number of aromatic nitrogens is 1. The molecule has 3 aromatic rings. The molecule has 0 radical (unpaired) electrons. The minimum absolute atomic E-state index is 0.0513. The summed E-state index contributed by atoms with van der Waals surface area (Å²) in [5.41, 5.74) is 1.20. The predicted octanol–water partition coefficient (Wildman–Crippen LogP) is 3.09. The van der Waals surface area contributed by atoms with E-state index in [0.29, 0.717) is 16.8 Å². The van der Waals surface area contributed by atoms with Gasteiger partial charge < -0.3 is 9.73 Å². The SMILES string of the molecule is Cn1c(=O)oc2cc(NC(=O)C(C)(C)S(=O)(=O)c3ccc(Br)cc3)ccc21. The van der Waals surface area contributed by atoms with Crippen LogP contribution in [0.2, 0.25) is 0 Å². The monoisotopic (exact) mass is 452 g/mol. The van der Waals surface area contributed by atoms with Crippen LogP contribution in [0, 0.1) is 0 Å². The van der Waals surface area contributed by atoms with Gasteiger partial charge in [0.05, 0.1) is 10.4 Å². The van der Waals surface area contributed by atoms with Gasteiger partial charge >= 0.3 is 5.76 Å². The molecule has 0 atom stereocenters. The molecule has 9 heteroatoms. The summed E-state index contributed by atoms with van der Waals surface area (Å²) in [5, 5.41) is 2.59. The maximum atomic E-state index is 12.9. The molecule has 142 valence electrons. The van der Waals surface area contributed by atoms with Crippen LogP contribution >= 0.6 is 15.9 Å². The highest BCUT2D eigenvalue weighted by molar-refractivity contribution is 9.10. The van der Waals surface area contributed by atoms with Crippen molar-refractivity contribution in [2.24, 2.45) is 7.05 Å². The van der Waals surface area contributed by atoms with Gasteiger partial charge in [-0.25, -0.2) is 13.2 Å². The number of hydrogen-bond donors (Lipinski definition) is 1. The molecule has 2 aromatic carbocycles. The molecule has 7 nitrogen and oxygen atoms in total. The molecule has 1 N–H and O–H groups in total. The maximum absolute atomic E-state index is 12.9. The van der Waals surface area contributed by atoms with Gasteiger partial charge in [0.15, 0.2) is 15.4 Å². The van der Waals surface area contributed by atoms with Crippen LogP contribution in [0.1, 0.15) is 13.8 Å². The van der Waals surface area contributed by atoms with E-state index < -0.39 is 26.2 Å². The van der Waals surface area contributed by atoms with Crippen LogP contribution in [0.25, 0.3) is 11.1 Å². The van der Waals surface area contributed by atoms with E-state index in [1.54, 1.807) is 31.3 Å². The molecule has 1 heterocycles. The number of oxazole rings is 1. The molecule has 0 aliphatic rings. The van der Waals surface area contributed by atoms with E-state index in [-0.39, 0.29) is 4.90 Å². The molecular weight excluding hydrogens is 436 g/mol. The summed E-state index contributed by atoms with van der Waals surface area (Å²) in [6, 6.07) is 10.8. The predicted molar refractivity (Wildman–Crippen MR) is 105 cm³/mol. The van der Waals surface area contributed by atoms with Crippen molar-refractivity contribution >= 4 is 48.5 Å². The highest BCUT2D eigenvalue weighted by Gasteiger charge is 2.42. The molecule has 0 unspecified atom stereocenters. The van der Waals surface area contributed by atoms with Crippen molar-refractivity contribution in [3.63, 3.8) is 0 Å². The number of benzene rings is 2. The molecule has 0 saturated carbocycles. The van der Waals surface area contributed by atoms with Crippen LogP contribution < -0.4 is 11.1 Å². The second-order valence-electron chi connectivity index (χ2n) is 6.53. The summed E-state index contributed by atoms with van der Waals surface area (Å²) in [4.78, 5) is 24.4. The van der Waals surface area contributed by atoms with Crippen LogP contribution in [0.4, 0.5) is 5.69 Å². The number of anilines is 1. The summed E-state index contributed by atoms with van der Waals surface area (Å²) in [5.74, 6) is -1.21. The summed E-state index contributed by atoms with van der Waals surface area (Å²) >= 11 is 3.26. The van der Waals surface area contributed by atoms with Gasteiger partial charge in [-0.3, -0.25) is 9.36 Å². The van der Waals surface area contributed by atoms with Crippen molar-refractivity contribution in [3.05, 3.63) is 57.5 Å². The van der Waals surface area contributed by atoms with Crippen LogP contribution in [0.3, 0.4) is 0 Å². The smallest absolute Gasteiger partial charge is 0.408 e. The lowest BCUT2D eigenvalue weighted by atomic mass is 10.2. The average molecular weight is 453 g/mol. The minimum Gasteiger partial charge on any atom is -0.408 e. The van der Waals surface area contributed by atoms with Crippen LogP contribution in [0.15, 0.2) is 61.0 Å². The first-order valence-corrected chi connectivity index (χ1v) is 10.2. The van der Waals surface area contributed by atoms with Gasteiger partial charge in [-0.05, 0) is 50.2 Å². The molecule has 0 aliphatic heterocycles. The van der Waals surface area contributed by atoms with E-state index >= 15 is 0 Å². The number of carbonyl (C=O) groups is 1. The lowest BCUT2D eigenvalue weighted by molar-refractivity contribution is -0.117. The summed E-state index contributed by atoms with van der Waals surface area (Å²) in [7, 11) is -2.36. The van der Waals surface area contributed by atoms with E-state index in [2.05, 4.69) is 21.2 Å². The second kappa shape index (κ2) is 6.65. The molecule has 0 fully saturated rings. The third-order valence-corrected chi connectivity index (χ3v) is 7.34. The van der Waals surface area contributed by atoms with Gasteiger partial charge in [0.25, 0.3) is 0 Å². The molecular formula is C18H17BrN2O5S. The van der Waals surface area contributed by atoms with Crippen LogP contribution in [0.5, 0.6) is 0 Å². The van der Waals surface area contributed by atoms with Gasteiger partial charge in [-0.1, -0.05) is 15.9 Å². The first kappa shape index (κ1) is 19.4. The number of sulfone groups is 1.